The summed E-state index contributed by atoms with van der Waals surface area (Å²) in [5.74, 6) is -0.939. The second-order valence-electron chi connectivity index (χ2n) is 5.48. The third kappa shape index (κ3) is 2.51. The number of amides is 2. The Morgan fingerprint density at radius 2 is 2.05 bits per heavy atom. The van der Waals surface area contributed by atoms with Crippen LogP contribution in [0.4, 0.5) is 4.39 Å². The predicted octanol–water partition coefficient (Wildman–Crippen LogP) is 1.57. The van der Waals surface area contributed by atoms with Gasteiger partial charge in [-0.15, -0.1) is 0 Å². The molecule has 0 unspecified atom stereocenters. The van der Waals surface area contributed by atoms with Crippen LogP contribution in [-0.2, 0) is 22.7 Å². The number of halogens is 1. The second-order valence-corrected chi connectivity index (χ2v) is 5.48. The molecule has 19 heavy (non-hydrogen) atoms. The lowest BCUT2D eigenvalue weighted by Gasteiger charge is -2.18. The van der Waals surface area contributed by atoms with Crippen molar-refractivity contribution in [1.82, 2.24) is 4.90 Å². The molecule has 0 aliphatic carbocycles. The van der Waals surface area contributed by atoms with Crippen LogP contribution in [0, 0.1) is 11.2 Å². The van der Waals surface area contributed by atoms with Gasteiger partial charge in [0.1, 0.15) is 5.82 Å². The average molecular weight is 264 g/mol. The van der Waals surface area contributed by atoms with E-state index in [1.54, 1.807) is 26.0 Å². The van der Waals surface area contributed by atoms with Crippen molar-refractivity contribution < 1.29 is 14.0 Å². The Kier molecular flexibility index (Phi) is 3.41. The Bertz CT molecular complexity index is 540. The molecule has 1 fully saturated rings. The molecule has 2 N–H and O–H groups in total. The molecule has 5 heteroatoms. The molecule has 0 aromatic heterocycles. The summed E-state index contributed by atoms with van der Waals surface area (Å²) in [7, 11) is 0. The molecule has 0 radical (unpaired) electrons. The van der Waals surface area contributed by atoms with E-state index < -0.39 is 11.2 Å². The van der Waals surface area contributed by atoms with Gasteiger partial charge in [0, 0.05) is 18.5 Å². The number of carbonyl (C=O) groups is 2. The van der Waals surface area contributed by atoms with E-state index >= 15 is 0 Å². The van der Waals surface area contributed by atoms with Gasteiger partial charge in [0.2, 0.25) is 11.8 Å². The molecule has 1 aliphatic rings. The number of nitrogens with zero attached hydrogens (tertiary/aromatic N) is 1. The van der Waals surface area contributed by atoms with Crippen LogP contribution in [0.2, 0.25) is 0 Å². The smallest absolute Gasteiger partial charge is 0.235 e. The van der Waals surface area contributed by atoms with Crippen molar-refractivity contribution in [2.45, 2.75) is 33.4 Å². The lowest BCUT2D eigenvalue weighted by Crippen LogP contribution is -2.32. The number of benzene rings is 1. The van der Waals surface area contributed by atoms with Gasteiger partial charge in [-0.05, 0) is 11.6 Å². The van der Waals surface area contributed by atoms with Gasteiger partial charge in [-0.2, -0.15) is 0 Å². The Morgan fingerprint density at radius 1 is 1.37 bits per heavy atom. The van der Waals surface area contributed by atoms with Crippen LogP contribution >= 0.6 is 0 Å². The molecule has 0 saturated carbocycles. The van der Waals surface area contributed by atoms with E-state index in [9.17, 15) is 14.0 Å². The van der Waals surface area contributed by atoms with Crippen molar-refractivity contribution in [3.05, 3.63) is 35.1 Å². The Morgan fingerprint density at radius 3 is 2.53 bits per heavy atom. The van der Waals surface area contributed by atoms with E-state index in [0.29, 0.717) is 11.1 Å². The molecule has 1 saturated heterocycles. The maximum atomic E-state index is 13.8. The van der Waals surface area contributed by atoms with Gasteiger partial charge in [-0.3, -0.25) is 14.5 Å². The summed E-state index contributed by atoms with van der Waals surface area (Å²) in [6.07, 6.45) is 0.175. The zero-order valence-electron chi connectivity index (χ0n) is 11.1. The quantitative estimate of drug-likeness (QED) is 0.843. The Labute approximate surface area is 111 Å². The molecule has 1 heterocycles. The summed E-state index contributed by atoms with van der Waals surface area (Å²) in [5, 5.41) is 0. The number of carbonyl (C=O) groups excluding carboxylic acids is 2. The van der Waals surface area contributed by atoms with Crippen LogP contribution < -0.4 is 5.73 Å². The first-order valence-electron chi connectivity index (χ1n) is 6.17. The molecule has 1 aromatic carbocycles. The van der Waals surface area contributed by atoms with Crippen molar-refractivity contribution in [2.75, 3.05) is 0 Å². The summed E-state index contributed by atoms with van der Waals surface area (Å²) in [6.45, 7) is 3.69. The Balaban J connectivity index is 2.22. The van der Waals surface area contributed by atoms with Gasteiger partial charge in [0.15, 0.2) is 0 Å². The summed E-state index contributed by atoms with van der Waals surface area (Å²) in [6, 6.07) is 4.61. The van der Waals surface area contributed by atoms with E-state index in [2.05, 4.69) is 0 Å². The predicted molar refractivity (Wildman–Crippen MR) is 68.2 cm³/mol. The van der Waals surface area contributed by atoms with Gasteiger partial charge < -0.3 is 5.73 Å². The molecule has 102 valence electrons. The molecular weight excluding hydrogens is 247 g/mol. The van der Waals surface area contributed by atoms with Gasteiger partial charge >= 0.3 is 0 Å². The molecule has 4 nitrogen and oxygen atoms in total. The van der Waals surface area contributed by atoms with Crippen LogP contribution in [0.15, 0.2) is 18.2 Å². The monoisotopic (exact) mass is 264 g/mol. The minimum absolute atomic E-state index is 0.0161. The molecule has 2 amide bonds. The third-order valence-corrected chi connectivity index (χ3v) is 3.40. The second kappa shape index (κ2) is 4.74. The normalized spacial score (nSPS) is 18.2. The minimum Gasteiger partial charge on any atom is -0.326 e. The fourth-order valence-corrected chi connectivity index (χ4v) is 2.20. The SMILES string of the molecule is CC1(C)CC(=O)N(Cc2ccc(CN)cc2F)C1=O. The lowest BCUT2D eigenvalue weighted by molar-refractivity contribution is -0.141. The molecule has 2 rings (SSSR count). The van der Waals surface area contributed by atoms with E-state index in [-0.39, 0.29) is 31.3 Å². The number of hydrogen-bond donors (Lipinski definition) is 1. The summed E-state index contributed by atoms with van der Waals surface area (Å²) < 4.78 is 13.8. The van der Waals surface area contributed by atoms with Gasteiger partial charge in [0.25, 0.3) is 0 Å². The first kappa shape index (κ1) is 13.7. The fourth-order valence-electron chi connectivity index (χ4n) is 2.20. The van der Waals surface area contributed by atoms with E-state index in [1.807, 2.05) is 0 Å². The standard InChI is InChI=1S/C14H17FN2O2/c1-14(2)6-12(18)17(13(14)19)8-10-4-3-9(7-16)5-11(10)15/h3-5H,6-8,16H2,1-2H3. The Hall–Kier alpha value is -1.75. The molecule has 1 aromatic rings. The minimum atomic E-state index is -0.690. The van der Waals surface area contributed by atoms with Crippen molar-refractivity contribution in [1.29, 1.82) is 0 Å². The van der Waals surface area contributed by atoms with Gasteiger partial charge in [0.05, 0.1) is 12.0 Å². The van der Waals surface area contributed by atoms with Crippen LogP contribution in [0.25, 0.3) is 0 Å². The number of likely N-dealkylation sites (tertiary alicyclic amines) is 1. The maximum absolute atomic E-state index is 13.8. The summed E-state index contributed by atoms with van der Waals surface area (Å²) >= 11 is 0. The first-order chi connectivity index (χ1) is 8.85. The van der Waals surface area contributed by atoms with Crippen molar-refractivity contribution >= 4 is 11.8 Å². The van der Waals surface area contributed by atoms with E-state index in [1.165, 1.54) is 6.07 Å². The number of imide groups is 1. The molecule has 0 bridgehead atoms. The van der Waals surface area contributed by atoms with Crippen molar-refractivity contribution in [3.63, 3.8) is 0 Å². The van der Waals surface area contributed by atoms with Crippen molar-refractivity contribution in [3.8, 4) is 0 Å². The molecule has 0 spiro atoms. The summed E-state index contributed by atoms with van der Waals surface area (Å²) in [4.78, 5) is 25.0. The highest BCUT2D eigenvalue weighted by atomic mass is 19.1. The third-order valence-electron chi connectivity index (χ3n) is 3.40. The molecule has 0 atom stereocenters. The molecule has 1 aliphatic heterocycles. The van der Waals surface area contributed by atoms with Gasteiger partial charge in [-0.25, -0.2) is 4.39 Å². The van der Waals surface area contributed by atoms with Crippen LogP contribution in [0.1, 0.15) is 31.4 Å². The van der Waals surface area contributed by atoms with E-state index in [0.717, 1.165) is 4.90 Å². The summed E-state index contributed by atoms with van der Waals surface area (Å²) in [5.41, 5.74) is 5.75. The van der Waals surface area contributed by atoms with E-state index in [4.69, 9.17) is 5.73 Å². The highest BCUT2D eigenvalue weighted by Crippen LogP contribution is 2.32. The van der Waals surface area contributed by atoms with Crippen molar-refractivity contribution in [2.24, 2.45) is 11.1 Å². The highest BCUT2D eigenvalue weighted by molar-refractivity contribution is 6.05. The highest BCUT2D eigenvalue weighted by Gasteiger charge is 2.44. The zero-order chi connectivity index (χ0) is 14.2. The zero-order valence-corrected chi connectivity index (χ0v) is 11.1. The van der Waals surface area contributed by atoms with Crippen LogP contribution in [0.3, 0.4) is 0 Å². The topological polar surface area (TPSA) is 63.4 Å². The fraction of sp³-hybridized carbons (Fsp3) is 0.429. The number of rotatable bonds is 3. The average Bonchev–Trinajstić information content (AvgIpc) is 2.53. The van der Waals surface area contributed by atoms with Crippen LogP contribution in [-0.4, -0.2) is 16.7 Å². The maximum Gasteiger partial charge on any atom is 0.235 e. The number of nitrogens with two attached hydrogens (primary N) is 1. The number of hydrogen-bond acceptors (Lipinski definition) is 3. The first-order valence-corrected chi connectivity index (χ1v) is 6.17. The van der Waals surface area contributed by atoms with Gasteiger partial charge in [-0.1, -0.05) is 26.0 Å². The largest absolute Gasteiger partial charge is 0.326 e. The van der Waals surface area contributed by atoms with Crippen LogP contribution in [0.5, 0.6) is 0 Å². The molecular formula is C14H17FN2O2. The lowest BCUT2D eigenvalue weighted by atomic mass is 9.92.